The first kappa shape index (κ1) is 15.0. The molecule has 1 aliphatic rings. The van der Waals surface area contributed by atoms with Crippen LogP contribution in [0, 0.1) is 10.8 Å². The zero-order valence-corrected chi connectivity index (χ0v) is 12.9. The molecule has 1 rings (SSSR count). The first-order valence-electron chi connectivity index (χ1n) is 7.10. The van der Waals surface area contributed by atoms with Gasteiger partial charge < -0.3 is 5.32 Å². The van der Waals surface area contributed by atoms with Gasteiger partial charge in [-0.15, -0.1) is 0 Å². The van der Waals surface area contributed by atoms with E-state index in [1.807, 2.05) is 0 Å². The fourth-order valence-electron chi connectivity index (χ4n) is 2.43. The summed E-state index contributed by atoms with van der Waals surface area (Å²) in [6, 6.07) is 1.25. The molecule has 1 saturated heterocycles. The van der Waals surface area contributed by atoms with Crippen molar-refractivity contribution in [3.05, 3.63) is 0 Å². The van der Waals surface area contributed by atoms with E-state index in [9.17, 15) is 0 Å². The van der Waals surface area contributed by atoms with Gasteiger partial charge in [-0.05, 0) is 37.3 Å². The second-order valence-corrected chi connectivity index (χ2v) is 7.76. The summed E-state index contributed by atoms with van der Waals surface area (Å²) in [5.74, 6) is 0. The minimum atomic E-state index is 0.347. The third-order valence-electron chi connectivity index (χ3n) is 4.28. The predicted molar refractivity (Wildman–Crippen MR) is 76.4 cm³/mol. The fraction of sp³-hybridized carbons (Fsp3) is 1.00. The van der Waals surface area contributed by atoms with E-state index in [4.69, 9.17) is 0 Å². The predicted octanol–water partition coefficient (Wildman–Crippen LogP) is 3.13. The molecule has 1 heterocycles. The number of hydrogen-bond donors (Lipinski definition) is 1. The van der Waals surface area contributed by atoms with Gasteiger partial charge in [-0.1, -0.05) is 41.5 Å². The molecule has 2 unspecified atom stereocenters. The van der Waals surface area contributed by atoms with E-state index in [0.717, 1.165) is 6.54 Å². The minimum absolute atomic E-state index is 0.347. The Bertz CT molecular complexity index is 234. The van der Waals surface area contributed by atoms with Crippen LogP contribution in [-0.4, -0.2) is 36.6 Å². The van der Waals surface area contributed by atoms with Crippen molar-refractivity contribution in [2.24, 2.45) is 10.8 Å². The summed E-state index contributed by atoms with van der Waals surface area (Å²) in [4.78, 5) is 2.68. The second kappa shape index (κ2) is 5.27. The van der Waals surface area contributed by atoms with E-state index in [2.05, 4.69) is 58.7 Å². The van der Waals surface area contributed by atoms with Crippen LogP contribution in [0.1, 0.15) is 54.9 Å². The van der Waals surface area contributed by atoms with Crippen LogP contribution in [0.25, 0.3) is 0 Å². The first-order valence-corrected chi connectivity index (χ1v) is 7.10. The van der Waals surface area contributed by atoms with Gasteiger partial charge in [0.1, 0.15) is 0 Å². The molecule has 0 radical (unpaired) electrons. The van der Waals surface area contributed by atoms with Gasteiger partial charge in [-0.25, -0.2) is 0 Å². The average molecular weight is 240 g/mol. The van der Waals surface area contributed by atoms with Crippen LogP contribution in [0.4, 0.5) is 0 Å². The van der Waals surface area contributed by atoms with Crippen molar-refractivity contribution in [3.63, 3.8) is 0 Å². The lowest BCUT2D eigenvalue weighted by Crippen LogP contribution is -2.50. The molecule has 0 aromatic heterocycles. The smallest absolute Gasteiger partial charge is 0.0243 e. The summed E-state index contributed by atoms with van der Waals surface area (Å²) in [6.45, 7) is 20.0. The monoisotopic (exact) mass is 240 g/mol. The molecule has 0 spiro atoms. The molecular weight excluding hydrogens is 208 g/mol. The highest BCUT2D eigenvalue weighted by Gasteiger charge is 2.33. The SMILES string of the molecule is CC(N1CCCNC(C(C)(C)C)C1)C(C)(C)C. The molecule has 2 heteroatoms. The summed E-state index contributed by atoms with van der Waals surface area (Å²) < 4.78 is 0. The third-order valence-corrected chi connectivity index (χ3v) is 4.28. The van der Waals surface area contributed by atoms with Crippen LogP contribution in [-0.2, 0) is 0 Å². The lowest BCUT2D eigenvalue weighted by Gasteiger charge is -2.41. The van der Waals surface area contributed by atoms with E-state index in [0.29, 0.717) is 22.9 Å². The molecule has 0 aromatic carbocycles. The number of rotatable bonds is 1. The number of nitrogens with zero attached hydrogens (tertiary/aromatic N) is 1. The summed E-state index contributed by atoms with van der Waals surface area (Å²) in [6.07, 6.45) is 1.27. The standard InChI is InChI=1S/C15H32N2/c1-12(14(2,3)4)17-10-8-9-16-13(11-17)15(5,6)7/h12-13,16H,8-11H2,1-7H3. The normalized spacial score (nSPS) is 26.6. The molecule has 1 aliphatic heterocycles. The van der Waals surface area contributed by atoms with Crippen molar-refractivity contribution >= 4 is 0 Å². The second-order valence-electron chi connectivity index (χ2n) is 7.76. The molecule has 1 fully saturated rings. The molecule has 102 valence electrons. The summed E-state index contributed by atoms with van der Waals surface area (Å²) in [7, 11) is 0. The van der Waals surface area contributed by atoms with E-state index >= 15 is 0 Å². The molecule has 2 atom stereocenters. The Morgan fingerprint density at radius 1 is 1.12 bits per heavy atom. The minimum Gasteiger partial charge on any atom is -0.312 e. The maximum absolute atomic E-state index is 3.72. The van der Waals surface area contributed by atoms with Gasteiger partial charge in [-0.3, -0.25) is 4.90 Å². The van der Waals surface area contributed by atoms with Crippen LogP contribution in [0.5, 0.6) is 0 Å². The Kier molecular flexibility index (Phi) is 4.65. The van der Waals surface area contributed by atoms with Crippen molar-refractivity contribution < 1.29 is 0 Å². The molecule has 0 saturated carbocycles. The highest BCUT2D eigenvalue weighted by Crippen LogP contribution is 2.28. The molecular formula is C15H32N2. The Balaban J connectivity index is 2.73. The van der Waals surface area contributed by atoms with E-state index < -0.39 is 0 Å². The summed E-state index contributed by atoms with van der Waals surface area (Å²) in [5.41, 5.74) is 0.715. The molecule has 0 aromatic rings. The summed E-state index contributed by atoms with van der Waals surface area (Å²) >= 11 is 0. The maximum Gasteiger partial charge on any atom is 0.0243 e. The van der Waals surface area contributed by atoms with Gasteiger partial charge >= 0.3 is 0 Å². The van der Waals surface area contributed by atoms with Crippen LogP contribution in [0.2, 0.25) is 0 Å². The quantitative estimate of drug-likeness (QED) is 0.757. The molecule has 1 N–H and O–H groups in total. The van der Waals surface area contributed by atoms with Crippen LogP contribution in [0.15, 0.2) is 0 Å². The van der Waals surface area contributed by atoms with Crippen LogP contribution >= 0.6 is 0 Å². The van der Waals surface area contributed by atoms with E-state index in [1.54, 1.807) is 0 Å². The van der Waals surface area contributed by atoms with Gasteiger partial charge in [0.15, 0.2) is 0 Å². The highest BCUT2D eigenvalue weighted by atomic mass is 15.2. The summed E-state index contributed by atoms with van der Waals surface area (Å²) in [5, 5.41) is 3.72. The van der Waals surface area contributed by atoms with Gasteiger partial charge in [-0.2, -0.15) is 0 Å². The topological polar surface area (TPSA) is 15.3 Å². The lowest BCUT2D eigenvalue weighted by molar-refractivity contribution is 0.0937. The zero-order valence-electron chi connectivity index (χ0n) is 12.9. The molecule has 2 nitrogen and oxygen atoms in total. The number of hydrogen-bond acceptors (Lipinski definition) is 2. The first-order chi connectivity index (χ1) is 7.62. The van der Waals surface area contributed by atoms with Gasteiger partial charge in [0.05, 0.1) is 0 Å². The van der Waals surface area contributed by atoms with E-state index in [-0.39, 0.29) is 0 Å². The van der Waals surface area contributed by atoms with Crippen molar-refractivity contribution in [1.82, 2.24) is 10.2 Å². The molecule has 0 bridgehead atoms. The zero-order chi connectivity index (χ0) is 13.3. The number of nitrogens with one attached hydrogen (secondary N) is 1. The van der Waals surface area contributed by atoms with Crippen molar-refractivity contribution in [2.75, 3.05) is 19.6 Å². The molecule has 17 heavy (non-hydrogen) atoms. The lowest BCUT2D eigenvalue weighted by atomic mass is 9.84. The van der Waals surface area contributed by atoms with Crippen LogP contribution < -0.4 is 5.32 Å². The Morgan fingerprint density at radius 2 is 1.71 bits per heavy atom. The van der Waals surface area contributed by atoms with E-state index in [1.165, 1.54) is 19.5 Å². The Labute approximate surface area is 108 Å². The molecule has 0 aliphatic carbocycles. The molecule has 0 amide bonds. The van der Waals surface area contributed by atoms with Gasteiger partial charge in [0, 0.05) is 18.6 Å². The van der Waals surface area contributed by atoms with Crippen molar-refractivity contribution in [2.45, 2.75) is 67.0 Å². The third kappa shape index (κ3) is 4.26. The highest BCUT2D eigenvalue weighted by molar-refractivity contribution is 4.89. The fourth-order valence-corrected chi connectivity index (χ4v) is 2.43. The maximum atomic E-state index is 3.72. The van der Waals surface area contributed by atoms with Gasteiger partial charge in [0.2, 0.25) is 0 Å². The van der Waals surface area contributed by atoms with Crippen LogP contribution in [0.3, 0.4) is 0 Å². The largest absolute Gasteiger partial charge is 0.312 e. The van der Waals surface area contributed by atoms with Crippen molar-refractivity contribution in [1.29, 1.82) is 0 Å². The Hall–Kier alpha value is -0.0800. The Morgan fingerprint density at radius 3 is 2.18 bits per heavy atom. The van der Waals surface area contributed by atoms with Crippen molar-refractivity contribution in [3.8, 4) is 0 Å². The van der Waals surface area contributed by atoms with Gasteiger partial charge in [0.25, 0.3) is 0 Å². The average Bonchev–Trinajstić information content (AvgIpc) is 2.38.